The average molecular weight is 242 g/mol. The minimum Gasteiger partial charge on any atom is -0.384 e. The van der Waals surface area contributed by atoms with Crippen LogP contribution in [0.5, 0.6) is 0 Å². The van der Waals surface area contributed by atoms with Crippen LogP contribution >= 0.6 is 11.6 Å². The van der Waals surface area contributed by atoms with Crippen molar-refractivity contribution < 1.29 is 4.74 Å². The Kier molecular flexibility index (Phi) is 5.81. The molecule has 0 spiro atoms. The van der Waals surface area contributed by atoms with E-state index in [1.165, 1.54) is 11.1 Å². The molecule has 1 N–H and O–H groups in total. The molecule has 3 heteroatoms. The first kappa shape index (κ1) is 13.5. The molecule has 0 fully saturated rings. The molecule has 0 radical (unpaired) electrons. The van der Waals surface area contributed by atoms with Crippen LogP contribution in [0.4, 0.5) is 0 Å². The molecule has 0 aliphatic carbocycles. The Balaban J connectivity index is 2.37. The van der Waals surface area contributed by atoms with Crippen molar-refractivity contribution in [3.8, 4) is 0 Å². The zero-order valence-electron chi connectivity index (χ0n) is 10.2. The van der Waals surface area contributed by atoms with E-state index >= 15 is 0 Å². The Morgan fingerprint density at radius 2 is 2.19 bits per heavy atom. The first-order valence-electron chi connectivity index (χ1n) is 5.58. The van der Waals surface area contributed by atoms with Gasteiger partial charge in [0.25, 0.3) is 0 Å². The third-order valence-electron chi connectivity index (χ3n) is 2.56. The van der Waals surface area contributed by atoms with Crippen molar-refractivity contribution >= 4 is 11.6 Å². The standard InChI is InChI=1S/C13H20ClNO/c1-10(9-16-3)7-15-8-12-4-5-13(14)6-11(12)2/h4-6,10,15H,7-9H2,1-3H3. The summed E-state index contributed by atoms with van der Waals surface area (Å²) in [5, 5.41) is 4.22. The van der Waals surface area contributed by atoms with Crippen molar-refractivity contribution in [2.75, 3.05) is 20.3 Å². The molecule has 0 bridgehead atoms. The lowest BCUT2D eigenvalue weighted by Crippen LogP contribution is -2.23. The molecule has 0 aromatic heterocycles. The summed E-state index contributed by atoms with van der Waals surface area (Å²) in [6.45, 7) is 6.91. The van der Waals surface area contributed by atoms with Crippen molar-refractivity contribution in [1.29, 1.82) is 0 Å². The zero-order chi connectivity index (χ0) is 12.0. The Morgan fingerprint density at radius 3 is 2.81 bits per heavy atom. The summed E-state index contributed by atoms with van der Waals surface area (Å²) in [5.41, 5.74) is 2.54. The fraction of sp³-hybridized carbons (Fsp3) is 0.538. The van der Waals surface area contributed by atoms with Gasteiger partial charge in [-0.05, 0) is 36.1 Å². The molecule has 0 amide bonds. The highest BCUT2D eigenvalue weighted by Gasteiger charge is 2.02. The second kappa shape index (κ2) is 6.89. The molecule has 90 valence electrons. The van der Waals surface area contributed by atoms with Crippen molar-refractivity contribution in [2.45, 2.75) is 20.4 Å². The molecule has 0 saturated heterocycles. The van der Waals surface area contributed by atoms with Crippen molar-refractivity contribution in [1.82, 2.24) is 5.32 Å². The van der Waals surface area contributed by atoms with E-state index < -0.39 is 0 Å². The Bertz CT molecular complexity index is 328. The van der Waals surface area contributed by atoms with Crippen LogP contribution in [0.3, 0.4) is 0 Å². The number of hydrogen-bond acceptors (Lipinski definition) is 2. The second-order valence-corrected chi connectivity index (χ2v) is 4.70. The van der Waals surface area contributed by atoms with Crippen molar-refractivity contribution in [3.05, 3.63) is 34.3 Å². The van der Waals surface area contributed by atoms with E-state index in [0.29, 0.717) is 5.92 Å². The molecule has 1 rings (SSSR count). The summed E-state index contributed by atoms with van der Waals surface area (Å²) < 4.78 is 5.09. The third kappa shape index (κ3) is 4.52. The van der Waals surface area contributed by atoms with Crippen molar-refractivity contribution in [3.63, 3.8) is 0 Å². The maximum absolute atomic E-state index is 5.91. The number of benzene rings is 1. The molecular weight excluding hydrogens is 222 g/mol. The highest BCUT2D eigenvalue weighted by molar-refractivity contribution is 6.30. The Hall–Kier alpha value is -0.570. The van der Waals surface area contributed by atoms with Gasteiger partial charge in [-0.1, -0.05) is 24.6 Å². The van der Waals surface area contributed by atoms with Crippen LogP contribution in [0, 0.1) is 12.8 Å². The summed E-state index contributed by atoms with van der Waals surface area (Å²) in [6.07, 6.45) is 0. The van der Waals surface area contributed by atoms with Gasteiger partial charge in [0.05, 0.1) is 0 Å². The maximum atomic E-state index is 5.91. The topological polar surface area (TPSA) is 21.3 Å². The van der Waals surface area contributed by atoms with Gasteiger partial charge in [0, 0.05) is 31.8 Å². The maximum Gasteiger partial charge on any atom is 0.0499 e. The van der Waals surface area contributed by atoms with E-state index in [4.69, 9.17) is 16.3 Å². The van der Waals surface area contributed by atoms with Crippen LogP contribution in [0.2, 0.25) is 5.02 Å². The lowest BCUT2D eigenvalue weighted by atomic mass is 10.1. The number of ether oxygens (including phenoxy) is 1. The molecule has 0 aliphatic heterocycles. The molecule has 1 aromatic carbocycles. The fourth-order valence-electron chi connectivity index (χ4n) is 1.65. The number of halogens is 1. The van der Waals surface area contributed by atoms with Crippen LogP contribution in [-0.2, 0) is 11.3 Å². The minimum atomic E-state index is 0.539. The lowest BCUT2D eigenvalue weighted by molar-refractivity contribution is 0.158. The van der Waals surface area contributed by atoms with Crippen LogP contribution in [0.1, 0.15) is 18.1 Å². The fourth-order valence-corrected chi connectivity index (χ4v) is 1.88. The molecule has 16 heavy (non-hydrogen) atoms. The van der Waals surface area contributed by atoms with E-state index in [1.54, 1.807) is 7.11 Å². The molecule has 1 unspecified atom stereocenters. The van der Waals surface area contributed by atoms with Crippen LogP contribution in [0.25, 0.3) is 0 Å². The number of rotatable bonds is 6. The van der Waals surface area contributed by atoms with Gasteiger partial charge in [0.2, 0.25) is 0 Å². The molecule has 1 aromatic rings. The van der Waals surface area contributed by atoms with Crippen LogP contribution < -0.4 is 5.32 Å². The van der Waals surface area contributed by atoms with Crippen LogP contribution in [0.15, 0.2) is 18.2 Å². The quantitative estimate of drug-likeness (QED) is 0.827. The highest BCUT2D eigenvalue weighted by Crippen LogP contribution is 2.14. The summed E-state index contributed by atoms with van der Waals surface area (Å²) in [5.74, 6) is 0.539. The summed E-state index contributed by atoms with van der Waals surface area (Å²) in [4.78, 5) is 0. The first-order valence-corrected chi connectivity index (χ1v) is 5.96. The second-order valence-electron chi connectivity index (χ2n) is 4.26. The Labute approximate surface area is 103 Å². The van der Waals surface area contributed by atoms with Gasteiger partial charge in [0.1, 0.15) is 0 Å². The summed E-state index contributed by atoms with van der Waals surface area (Å²) >= 11 is 5.91. The summed E-state index contributed by atoms with van der Waals surface area (Å²) in [6, 6.07) is 6.01. The van der Waals surface area contributed by atoms with E-state index in [0.717, 1.165) is 24.7 Å². The molecule has 0 heterocycles. The SMILES string of the molecule is COCC(C)CNCc1ccc(Cl)cc1C. The van der Waals surface area contributed by atoms with E-state index in [-0.39, 0.29) is 0 Å². The van der Waals surface area contributed by atoms with Gasteiger partial charge >= 0.3 is 0 Å². The van der Waals surface area contributed by atoms with E-state index in [2.05, 4.69) is 25.2 Å². The highest BCUT2D eigenvalue weighted by atomic mass is 35.5. The van der Waals surface area contributed by atoms with Crippen molar-refractivity contribution in [2.24, 2.45) is 5.92 Å². The van der Waals surface area contributed by atoms with Gasteiger partial charge in [-0.2, -0.15) is 0 Å². The largest absolute Gasteiger partial charge is 0.384 e. The third-order valence-corrected chi connectivity index (χ3v) is 2.80. The Morgan fingerprint density at radius 1 is 1.44 bits per heavy atom. The van der Waals surface area contributed by atoms with Gasteiger partial charge in [-0.3, -0.25) is 0 Å². The number of nitrogens with one attached hydrogen (secondary N) is 1. The molecule has 0 saturated carbocycles. The molecule has 2 nitrogen and oxygen atoms in total. The zero-order valence-corrected chi connectivity index (χ0v) is 11.0. The summed E-state index contributed by atoms with van der Waals surface area (Å²) in [7, 11) is 1.74. The number of aryl methyl sites for hydroxylation is 1. The predicted octanol–water partition coefficient (Wildman–Crippen LogP) is 3.02. The van der Waals surface area contributed by atoms with E-state index in [9.17, 15) is 0 Å². The van der Waals surface area contributed by atoms with Gasteiger partial charge < -0.3 is 10.1 Å². The van der Waals surface area contributed by atoms with Crippen LogP contribution in [-0.4, -0.2) is 20.3 Å². The lowest BCUT2D eigenvalue weighted by Gasteiger charge is -2.12. The molecule has 0 aliphatic rings. The smallest absolute Gasteiger partial charge is 0.0499 e. The van der Waals surface area contributed by atoms with E-state index in [1.807, 2.05) is 12.1 Å². The number of methoxy groups -OCH3 is 1. The van der Waals surface area contributed by atoms with Gasteiger partial charge in [-0.25, -0.2) is 0 Å². The molecular formula is C13H20ClNO. The first-order chi connectivity index (χ1) is 7.63. The van der Waals surface area contributed by atoms with Gasteiger partial charge in [0.15, 0.2) is 0 Å². The molecule has 1 atom stereocenters. The number of hydrogen-bond donors (Lipinski definition) is 1. The van der Waals surface area contributed by atoms with Gasteiger partial charge in [-0.15, -0.1) is 0 Å². The average Bonchev–Trinajstić information content (AvgIpc) is 2.22. The monoisotopic (exact) mass is 241 g/mol. The predicted molar refractivity (Wildman–Crippen MR) is 68.9 cm³/mol. The minimum absolute atomic E-state index is 0.539. The normalized spacial score (nSPS) is 12.8.